The number of hydrogen-bond acceptors (Lipinski definition) is 3. The summed E-state index contributed by atoms with van der Waals surface area (Å²) in [4.78, 5) is 14.7. The molecule has 0 unspecified atom stereocenters. The molecule has 0 saturated carbocycles. The van der Waals surface area contributed by atoms with Crippen LogP contribution in [0.5, 0.6) is 0 Å². The molecule has 0 radical (unpaired) electrons. The van der Waals surface area contributed by atoms with Gasteiger partial charge in [-0.15, -0.1) is 0 Å². The van der Waals surface area contributed by atoms with Crippen molar-refractivity contribution in [2.75, 3.05) is 5.73 Å². The summed E-state index contributed by atoms with van der Waals surface area (Å²) in [5.74, 6) is -0.659. The zero-order chi connectivity index (χ0) is 14.0. The fourth-order valence-corrected chi connectivity index (χ4v) is 2.10. The van der Waals surface area contributed by atoms with E-state index in [1.54, 1.807) is 24.3 Å². The van der Waals surface area contributed by atoms with Crippen LogP contribution in [0.3, 0.4) is 0 Å². The zero-order valence-electron chi connectivity index (χ0n) is 9.73. The molecule has 2 aromatic rings. The first kappa shape index (κ1) is 13.6. The molecular weight excluding hydrogens is 287 g/mol. The van der Waals surface area contributed by atoms with E-state index in [1.807, 2.05) is 0 Å². The number of nitrogens with zero attached hydrogens (tertiary/aromatic N) is 1. The second kappa shape index (κ2) is 5.47. The summed E-state index contributed by atoms with van der Waals surface area (Å²) in [6.07, 6.45) is 1.31. The quantitative estimate of drug-likeness (QED) is 0.911. The summed E-state index contributed by atoms with van der Waals surface area (Å²) in [5.41, 5.74) is 7.57. The number of nitrogen functional groups attached to an aromatic ring is 1. The Kier molecular flexibility index (Phi) is 3.93. The van der Waals surface area contributed by atoms with Crippen molar-refractivity contribution in [3.63, 3.8) is 0 Å². The molecular formula is C13H10Cl2N2O2. The number of carboxylic acids is 1. The number of carbonyl (C=O) groups is 1. The van der Waals surface area contributed by atoms with Gasteiger partial charge in [-0.3, -0.25) is 4.79 Å². The Bertz CT molecular complexity index is 645. The minimum atomic E-state index is -0.935. The Morgan fingerprint density at radius 3 is 2.68 bits per heavy atom. The lowest BCUT2D eigenvalue weighted by Crippen LogP contribution is -2.03. The summed E-state index contributed by atoms with van der Waals surface area (Å²) in [5, 5.41) is 9.78. The SMILES string of the molecule is Nc1ncc(CC(=O)O)cc1-c1cc(Cl)ccc1Cl. The maximum absolute atomic E-state index is 10.7. The van der Waals surface area contributed by atoms with Crippen molar-refractivity contribution >= 4 is 35.0 Å². The van der Waals surface area contributed by atoms with E-state index in [2.05, 4.69) is 4.98 Å². The Morgan fingerprint density at radius 2 is 2.00 bits per heavy atom. The average Bonchev–Trinajstić information content (AvgIpc) is 2.34. The van der Waals surface area contributed by atoms with Gasteiger partial charge in [0.25, 0.3) is 0 Å². The van der Waals surface area contributed by atoms with Crippen molar-refractivity contribution in [3.05, 3.63) is 46.1 Å². The maximum Gasteiger partial charge on any atom is 0.307 e. The number of anilines is 1. The topological polar surface area (TPSA) is 76.2 Å². The van der Waals surface area contributed by atoms with Gasteiger partial charge in [-0.1, -0.05) is 23.2 Å². The molecule has 0 fully saturated rings. The number of aliphatic carboxylic acids is 1. The lowest BCUT2D eigenvalue weighted by molar-refractivity contribution is -0.136. The van der Waals surface area contributed by atoms with Gasteiger partial charge < -0.3 is 10.8 Å². The second-order valence-corrected chi connectivity index (χ2v) is 4.81. The van der Waals surface area contributed by atoms with E-state index < -0.39 is 5.97 Å². The first-order valence-corrected chi connectivity index (χ1v) is 6.14. The third kappa shape index (κ3) is 3.16. The molecule has 6 heteroatoms. The van der Waals surface area contributed by atoms with Gasteiger partial charge in [-0.25, -0.2) is 4.98 Å². The van der Waals surface area contributed by atoms with E-state index in [-0.39, 0.29) is 12.2 Å². The van der Waals surface area contributed by atoms with Crippen LogP contribution in [0.15, 0.2) is 30.5 Å². The van der Waals surface area contributed by atoms with Gasteiger partial charge in [0.15, 0.2) is 0 Å². The smallest absolute Gasteiger partial charge is 0.307 e. The Morgan fingerprint density at radius 1 is 1.26 bits per heavy atom. The molecule has 4 nitrogen and oxygen atoms in total. The Labute approximate surface area is 119 Å². The fourth-order valence-electron chi connectivity index (χ4n) is 1.71. The number of halogens is 2. The first-order valence-electron chi connectivity index (χ1n) is 5.39. The fraction of sp³-hybridized carbons (Fsp3) is 0.0769. The number of rotatable bonds is 3. The van der Waals surface area contributed by atoms with Gasteiger partial charge in [0.2, 0.25) is 0 Å². The monoisotopic (exact) mass is 296 g/mol. The molecule has 98 valence electrons. The Balaban J connectivity index is 2.54. The predicted octanol–water partition coefficient (Wildman–Crippen LogP) is 3.26. The lowest BCUT2D eigenvalue weighted by atomic mass is 10.0. The minimum absolute atomic E-state index is 0.127. The van der Waals surface area contributed by atoms with Crippen molar-refractivity contribution in [1.29, 1.82) is 0 Å². The van der Waals surface area contributed by atoms with Gasteiger partial charge in [0, 0.05) is 27.4 Å². The Hall–Kier alpha value is -1.78. The van der Waals surface area contributed by atoms with Crippen LogP contribution in [0.25, 0.3) is 11.1 Å². The molecule has 0 saturated heterocycles. The number of hydrogen-bond donors (Lipinski definition) is 2. The summed E-state index contributed by atoms with van der Waals surface area (Å²) in [6, 6.07) is 6.65. The summed E-state index contributed by atoms with van der Waals surface area (Å²) in [6.45, 7) is 0. The van der Waals surface area contributed by atoms with Crippen LogP contribution < -0.4 is 5.73 Å². The number of pyridine rings is 1. The normalized spacial score (nSPS) is 10.4. The van der Waals surface area contributed by atoms with Gasteiger partial charge >= 0.3 is 5.97 Å². The molecule has 3 N–H and O–H groups in total. The van der Waals surface area contributed by atoms with Crippen LogP contribution in [-0.2, 0) is 11.2 Å². The van der Waals surface area contributed by atoms with E-state index in [4.69, 9.17) is 34.0 Å². The van der Waals surface area contributed by atoms with Crippen molar-refractivity contribution < 1.29 is 9.90 Å². The highest BCUT2D eigenvalue weighted by Gasteiger charge is 2.11. The molecule has 1 aromatic heterocycles. The van der Waals surface area contributed by atoms with Crippen LogP contribution in [0, 0.1) is 0 Å². The molecule has 0 spiro atoms. The molecule has 19 heavy (non-hydrogen) atoms. The number of nitrogens with two attached hydrogens (primary N) is 1. The second-order valence-electron chi connectivity index (χ2n) is 3.97. The van der Waals surface area contributed by atoms with Crippen LogP contribution in [0.2, 0.25) is 10.0 Å². The van der Waals surface area contributed by atoms with Crippen LogP contribution in [-0.4, -0.2) is 16.1 Å². The lowest BCUT2D eigenvalue weighted by Gasteiger charge is -2.09. The van der Waals surface area contributed by atoms with Crippen molar-refractivity contribution in [1.82, 2.24) is 4.98 Å². The van der Waals surface area contributed by atoms with Gasteiger partial charge in [-0.2, -0.15) is 0 Å². The number of aromatic nitrogens is 1. The van der Waals surface area contributed by atoms with E-state index in [9.17, 15) is 4.79 Å². The summed E-state index contributed by atoms with van der Waals surface area (Å²) in [7, 11) is 0. The summed E-state index contributed by atoms with van der Waals surface area (Å²) >= 11 is 12.0. The minimum Gasteiger partial charge on any atom is -0.481 e. The molecule has 1 heterocycles. The van der Waals surface area contributed by atoms with Gasteiger partial charge in [0.05, 0.1) is 6.42 Å². The van der Waals surface area contributed by atoms with Crippen molar-refractivity contribution in [2.24, 2.45) is 0 Å². The highest BCUT2D eigenvalue weighted by molar-refractivity contribution is 6.35. The van der Waals surface area contributed by atoms with Gasteiger partial charge in [-0.05, 0) is 29.8 Å². The predicted molar refractivity (Wildman–Crippen MR) is 75.4 cm³/mol. The standard InChI is InChI=1S/C13H10Cl2N2O2/c14-8-1-2-11(15)9(5-8)10-3-7(4-12(18)19)6-17-13(10)16/h1-3,5-6H,4H2,(H2,16,17)(H,18,19). The zero-order valence-corrected chi connectivity index (χ0v) is 11.2. The molecule has 1 aromatic carbocycles. The molecule has 0 bridgehead atoms. The summed E-state index contributed by atoms with van der Waals surface area (Å²) < 4.78 is 0. The van der Waals surface area contributed by atoms with Crippen LogP contribution in [0.4, 0.5) is 5.82 Å². The third-order valence-electron chi connectivity index (χ3n) is 2.55. The van der Waals surface area contributed by atoms with Crippen molar-refractivity contribution in [2.45, 2.75) is 6.42 Å². The van der Waals surface area contributed by atoms with E-state index in [0.29, 0.717) is 26.7 Å². The molecule has 0 aliphatic heterocycles. The number of carboxylic acid groups (broad SMARTS) is 1. The molecule has 0 aliphatic carbocycles. The molecule has 0 atom stereocenters. The van der Waals surface area contributed by atoms with E-state index >= 15 is 0 Å². The molecule has 0 aliphatic rings. The maximum atomic E-state index is 10.7. The van der Waals surface area contributed by atoms with Gasteiger partial charge in [0.1, 0.15) is 5.82 Å². The molecule has 2 rings (SSSR count). The van der Waals surface area contributed by atoms with Crippen molar-refractivity contribution in [3.8, 4) is 11.1 Å². The molecule has 0 amide bonds. The van der Waals surface area contributed by atoms with E-state index in [1.165, 1.54) is 6.20 Å². The highest BCUT2D eigenvalue weighted by atomic mass is 35.5. The van der Waals surface area contributed by atoms with Crippen LogP contribution >= 0.6 is 23.2 Å². The van der Waals surface area contributed by atoms with E-state index in [0.717, 1.165) is 0 Å². The highest BCUT2D eigenvalue weighted by Crippen LogP contribution is 2.33. The average molecular weight is 297 g/mol. The largest absolute Gasteiger partial charge is 0.481 e. The third-order valence-corrected chi connectivity index (χ3v) is 3.11. The van der Waals surface area contributed by atoms with Crippen LogP contribution in [0.1, 0.15) is 5.56 Å². The first-order chi connectivity index (χ1) is 8.97. The number of benzene rings is 1.